The number of fused-ring (bicyclic) bond motifs is 1. The van der Waals surface area contributed by atoms with E-state index in [-0.39, 0.29) is 17.9 Å². The standard InChI is InChI=1S/C18H17F2NO3/c1-18(2)9-11-5-3-8-14(17(11)24-18)23-10-15(22)21-13-7-4-6-12(19)16(13)20/h3-8H,9-10H2,1-2H3,(H,21,22). The molecule has 0 aromatic heterocycles. The number of para-hydroxylation sites is 1. The fourth-order valence-corrected chi connectivity index (χ4v) is 2.63. The zero-order valence-electron chi connectivity index (χ0n) is 13.4. The zero-order chi connectivity index (χ0) is 17.3. The fraction of sp³-hybridized carbons (Fsp3) is 0.278. The van der Waals surface area contributed by atoms with Crippen LogP contribution in [0.4, 0.5) is 14.5 Å². The summed E-state index contributed by atoms with van der Waals surface area (Å²) >= 11 is 0. The fourth-order valence-electron chi connectivity index (χ4n) is 2.63. The minimum absolute atomic E-state index is 0.223. The number of amides is 1. The summed E-state index contributed by atoms with van der Waals surface area (Å²) < 4.78 is 38.0. The van der Waals surface area contributed by atoms with Crippen LogP contribution in [0.25, 0.3) is 0 Å². The second kappa shape index (κ2) is 6.11. The average molecular weight is 333 g/mol. The molecule has 126 valence electrons. The maximum atomic E-state index is 13.5. The largest absolute Gasteiger partial charge is 0.483 e. The first-order valence-electron chi connectivity index (χ1n) is 7.53. The van der Waals surface area contributed by atoms with Gasteiger partial charge in [0.05, 0.1) is 5.69 Å². The van der Waals surface area contributed by atoms with Crippen molar-refractivity contribution in [3.05, 3.63) is 53.6 Å². The third-order valence-electron chi connectivity index (χ3n) is 3.64. The van der Waals surface area contributed by atoms with Gasteiger partial charge in [-0.25, -0.2) is 8.78 Å². The third kappa shape index (κ3) is 3.32. The summed E-state index contributed by atoms with van der Waals surface area (Å²) in [5, 5.41) is 2.29. The van der Waals surface area contributed by atoms with Crippen LogP contribution in [0.2, 0.25) is 0 Å². The van der Waals surface area contributed by atoms with Crippen LogP contribution in [-0.4, -0.2) is 18.1 Å². The molecule has 3 rings (SSSR count). The summed E-state index contributed by atoms with van der Waals surface area (Å²) in [6, 6.07) is 9.05. The summed E-state index contributed by atoms with van der Waals surface area (Å²) in [6.45, 7) is 3.60. The Morgan fingerprint density at radius 1 is 1.25 bits per heavy atom. The lowest BCUT2D eigenvalue weighted by Gasteiger charge is -2.18. The molecule has 6 heteroatoms. The molecule has 0 aliphatic carbocycles. The van der Waals surface area contributed by atoms with Crippen LogP contribution in [0, 0.1) is 11.6 Å². The van der Waals surface area contributed by atoms with Gasteiger partial charge in [0, 0.05) is 12.0 Å². The normalized spacial score (nSPS) is 14.7. The highest BCUT2D eigenvalue weighted by Crippen LogP contribution is 2.41. The molecule has 1 heterocycles. The second-order valence-corrected chi connectivity index (χ2v) is 6.22. The molecule has 2 aromatic rings. The lowest BCUT2D eigenvalue weighted by atomic mass is 10.0. The van der Waals surface area contributed by atoms with E-state index in [1.54, 1.807) is 6.07 Å². The lowest BCUT2D eigenvalue weighted by Crippen LogP contribution is -2.25. The van der Waals surface area contributed by atoms with E-state index >= 15 is 0 Å². The monoisotopic (exact) mass is 333 g/mol. The van der Waals surface area contributed by atoms with Crippen LogP contribution in [-0.2, 0) is 11.2 Å². The number of nitrogens with one attached hydrogen (secondary N) is 1. The minimum atomic E-state index is -1.10. The van der Waals surface area contributed by atoms with Gasteiger partial charge in [0.15, 0.2) is 29.7 Å². The van der Waals surface area contributed by atoms with Crippen molar-refractivity contribution in [2.75, 3.05) is 11.9 Å². The van der Waals surface area contributed by atoms with Gasteiger partial charge in [-0.05, 0) is 32.0 Å². The molecule has 4 nitrogen and oxygen atoms in total. The Morgan fingerprint density at radius 2 is 2.00 bits per heavy atom. The number of carbonyl (C=O) groups excluding carboxylic acids is 1. The molecule has 2 aromatic carbocycles. The Hall–Kier alpha value is -2.63. The number of rotatable bonds is 4. The summed E-state index contributed by atoms with van der Waals surface area (Å²) in [5.74, 6) is -1.64. The van der Waals surface area contributed by atoms with E-state index < -0.39 is 17.5 Å². The number of hydrogen-bond acceptors (Lipinski definition) is 3. The number of ether oxygens (including phenoxy) is 2. The van der Waals surface area contributed by atoms with E-state index in [4.69, 9.17) is 9.47 Å². The molecule has 1 amide bonds. The van der Waals surface area contributed by atoms with E-state index in [9.17, 15) is 13.6 Å². The summed E-state index contributed by atoms with van der Waals surface area (Å²) in [7, 11) is 0. The Morgan fingerprint density at radius 3 is 2.79 bits per heavy atom. The Bertz CT molecular complexity index is 790. The van der Waals surface area contributed by atoms with Crippen molar-refractivity contribution in [2.24, 2.45) is 0 Å². The third-order valence-corrected chi connectivity index (χ3v) is 3.64. The van der Waals surface area contributed by atoms with Crippen LogP contribution >= 0.6 is 0 Å². The van der Waals surface area contributed by atoms with Crippen molar-refractivity contribution in [1.82, 2.24) is 0 Å². The van der Waals surface area contributed by atoms with Gasteiger partial charge >= 0.3 is 0 Å². The van der Waals surface area contributed by atoms with Crippen molar-refractivity contribution in [2.45, 2.75) is 25.9 Å². The smallest absolute Gasteiger partial charge is 0.262 e. The molecule has 0 spiro atoms. The molecule has 1 aliphatic heterocycles. The molecular weight excluding hydrogens is 316 g/mol. The first kappa shape index (κ1) is 16.2. The van der Waals surface area contributed by atoms with E-state index in [1.165, 1.54) is 12.1 Å². The van der Waals surface area contributed by atoms with Crippen molar-refractivity contribution in [3.8, 4) is 11.5 Å². The predicted molar refractivity (Wildman–Crippen MR) is 85.3 cm³/mol. The van der Waals surface area contributed by atoms with Crippen LogP contribution in [0.5, 0.6) is 11.5 Å². The zero-order valence-corrected chi connectivity index (χ0v) is 13.4. The molecule has 0 radical (unpaired) electrons. The first-order valence-corrected chi connectivity index (χ1v) is 7.53. The molecule has 0 unspecified atom stereocenters. The quantitative estimate of drug-likeness (QED) is 0.928. The van der Waals surface area contributed by atoms with E-state index in [1.807, 2.05) is 26.0 Å². The number of carbonyl (C=O) groups is 1. The number of hydrogen-bond donors (Lipinski definition) is 1. The van der Waals surface area contributed by atoms with E-state index in [0.717, 1.165) is 18.1 Å². The average Bonchev–Trinajstić information content (AvgIpc) is 2.84. The molecule has 1 N–H and O–H groups in total. The molecule has 0 atom stereocenters. The number of benzene rings is 2. The molecule has 0 saturated heterocycles. The van der Waals surface area contributed by atoms with Gasteiger partial charge in [0.2, 0.25) is 0 Å². The van der Waals surface area contributed by atoms with Crippen molar-refractivity contribution in [1.29, 1.82) is 0 Å². The van der Waals surface area contributed by atoms with Crippen LogP contribution in [0.3, 0.4) is 0 Å². The highest BCUT2D eigenvalue weighted by atomic mass is 19.2. The minimum Gasteiger partial charge on any atom is -0.483 e. The molecule has 0 saturated carbocycles. The Kier molecular flexibility index (Phi) is 4.13. The van der Waals surface area contributed by atoms with Gasteiger partial charge in [-0.2, -0.15) is 0 Å². The molecular formula is C18H17F2NO3. The van der Waals surface area contributed by atoms with Gasteiger partial charge in [-0.1, -0.05) is 18.2 Å². The van der Waals surface area contributed by atoms with Crippen molar-refractivity contribution >= 4 is 11.6 Å². The van der Waals surface area contributed by atoms with E-state index in [2.05, 4.69) is 5.32 Å². The first-order chi connectivity index (χ1) is 11.4. The van der Waals surface area contributed by atoms with Gasteiger partial charge in [0.25, 0.3) is 5.91 Å². The van der Waals surface area contributed by atoms with Gasteiger partial charge in [0.1, 0.15) is 5.60 Å². The highest BCUT2D eigenvalue weighted by Gasteiger charge is 2.32. The SMILES string of the molecule is CC1(C)Cc2cccc(OCC(=O)Nc3cccc(F)c3F)c2O1. The Balaban J connectivity index is 1.66. The van der Waals surface area contributed by atoms with Crippen molar-refractivity contribution in [3.63, 3.8) is 0 Å². The van der Waals surface area contributed by atoms with E-state index in [0.29, 0.717) is 11.5 Å². The van der Waals surface area contributed by atoms with Crippen LogP contribution in [0.15, 0.2) is 36.4 Å². The van der Waals surface area contributed by atoms with Crippen molar-refractivity contribution < 1.29 is 23.0 Å². The summed E-state index contributed by atoms with van der Waals surface area (Å²) in [4.78, 5) is 11.9. The highest BCUT2D eigenvalue weighted by molar-refractivity contribution is 5.92. The van der Waals surface area contributed by atoms with Crippen LogP contribution < -0.4 is 14.8 Å². The van der Waals surface area contributed by atoms with Gasteiger partial charge < -0.3 is 14.8 Å². The second-order valence-electron chi connectivity index (χ2n) is 6.22. The van der Waals surface area contributed by atoms with Crippen LogP contribution in [0.1, 0.15) is 19.4 Å². The number of anilines is 1. The molecule has 24 heavy (non-hydrogen) atoms. The maximum Gasteiger partial charge on any atom is 0.262 e. The van der Waals surface area contributed by atoms with Gasteiger partial charge in [-0.15, -0.1) is 0 Å². The molecule has 1 aliphatic rings. The van der Waals surface area contributed by atoms with Gasteiger partial charge in [-0.3, -0.25) is 4.79 Å². The summed E-state index contributed by atoms with van der Waals surface area (Å²) in [5.41, 5.74) is 0.461. The predicted octanol–water partition coefficient (Wildman–Crippen LogP) is 3.70. The Labute approximate surface area is 138 Å². The topological polar surface area (TPSA) is 47.6 Å². The maximum absolute atomic E-state index is 13.5. The lowest BCUT2D eigenvalue weighted by molar-refractivity contribution is -0.118. The summed E-state index contributed by atoms with van der Waals surface area (Å²) in [6.07, 6.45) is 0.750. The number of halogens is 2. The molecule has 0 fully saturated rings. The molecule has 0 bridgehead atoms.